The van der Waals surface area contributed by atoms with Gasteiger partial charge in [-0.2, -0.15) is 0 Å². The Labute approximate surface area is 125 Å². The van der Waals surface area contributed by atoms with E-state index in [-0.39, 0.29) is 6.54 Å². The highest BCUT2D eigenvalue weighted by molar-refractivity contribution is 6.37. The number of halogens is 2. The van der Waals surface area contributed by atoms with Crippen molar-refractivity contribution in [3.8, 4) is 5.75 Å². The van der Waals surface area contributed by atoms with Crippen LogP contribution in [0.1, 0.15) is 5.69 Å². The van der Waals surface area contributed by atoms with Crippen molar-refractivity contribution in [1.82, 2.24) is 10.5 Å². The zero-order valence-electron chi connectivity index (χ0n) is 10.4. The van der Waals surface area contributed by atoms with Crippen LogP contribution in [0.3, 0.4) is 0 Å². The second kappa shape index (κ2) is 6.49. The van der Waals surface area contributed by atoms with Crippen LogP contribution in [0.15, 0.2) is 29.0 Å². The molecule has 0 fully saturated rings. The molecule has 0 saturated heterocycles. The number of hydrogen-bond acceptors (Lipinski definition) is 4. The molecule has 0 spiro atoms. The van der Waals surface area contributed by atoms with Crippen molar-refractivity contribution < 1.29 is 14.1 Å². The largest absolute Gasteiger partial charge is 0.494 e. The molecule has 2 amide bonds. The lowest BCUT2D eigenvalue weighted by Crippen LogP contribution is -2.28. The highest BCUT2D eigenvalue weighted by Crippen LogP contribution is 2.35. The predicted molar refractivity (Wildman–Crippen MR) is 75.4 cm³/mol. The Morgan fingerprint density at radius 1 is 1.40 bits per heavy atom. The second-order valence-electron chi connectivity index (χ2n) is 3.77. The lowest BCUT2D eigenvalue weighted by atomic mass is 10.3. The first-order valence-electron chi connectivity index (χ1n) is 5.57. The summed E-state index contributed by atoms with van der Waals surface area (Å²) in [4.78, 5) is 11.7. The zero-order valence-corrected chi connectivity index (χ0v) is 12.0. The molecular weight excluding hydrogens is 305 g/mol. The molecule has 0 atom stereocenters. The number of nitrogens with zero attached hydrogens (tertiary/aromatic N) is 1. The Morgan fingerprint density at radius 3 is 2.65 bits per heavy atom. The van der Waals surface area contributed by atoms with Gasteiger partial charge < -0.3 is 19.9 Å². The van der Waals surface area contributed by atoms with Crippen molar-refractivity contribution >= 4 is 34.9 Å². The van der Waals surface area contributed by atoms with Crippen LogP contribution < -0.4 is 15.4 Å². The molecule has 0 aliphatic carbocycles. The minimum Gasteiger partial charge on any atom is -0.494 e. The Balaban J connectivity index is 1.97. The maximum Gasteiger partial charge on any atom is 0.319 e. The van der Waals surface area contributed by atoms with E-state index in [4.69, 9.17) is 27.9 Å². The Morgan fingerprint density at radius 2 is 2.10 bits per heavy atom. The predicted octanol–water partition coefficient (Wildman–Crippen LogP) is 3.31. The van der Waals surface area contributed by atoms with Crippen molar-refractivity contribution in [2.75, 3.05) is 12.4 Å². The number of nitrogens with one attached hydrogen (secondary N) is 2. The normalized spacial score (nSPS) is 10.2. The zero-order chi connectivity index (χ0) is 14.5. The smallest absolute Gasteiger partial charge is 0.319 e. The molecule has 2 rings (SSSR count). The standard InChI is InChI=1S/C12H11Cl2N3O3/c1-19-11-9(13)4-8(5-10(11)14)16-12(18)15-6-7-2-3-20-17-7/h2-5H,6H2,1H3,(H2,15,16,18). The molecule has 0 radical (unpaired) electrons. The summed E-state index contributed by atoms with van der Waals surface area (Å²) < 4.78 is 9.67. The monoisotopic (exact) mass is 315 g/mol. The van der Waals surface area contributed by atoms with Crippen molar-refractivity contribution in [2.24, 2.45) is 0 Å². The van der Waals surface area contributed by atoms with Gasteiger partial charge in [-0.1, -0.05) is 28.4 Å². The van der Waals surface area contributed by atoms with E-state index >= 15 is 0 Å². The summed E-state index contributed by atoms with van der Waals surface area (Å²) >= 11 is 11.9. The summed E-state index contributed by atoms with van der Waals surface area (Å²) in [5.41, 5.74) is 1.07. The van der Waals surface area contributed by atoms with Gasteiger partial charge in [0.1, 0.15) is 12.0 Å². The number of carbonyl (C=O) groups is 1. The topological polar surface area (TPSA) is 76.4 Å². The van der Waals surface area contributed by atoms with Gasteiger partial charge >= 0.3 is 6.03 Å². The summed E-state index contributed by atoms with van der Waals surface area (Å²) in [7, 11) is 1.46. The van der Waals surface area contributed by atoms with Crippen LogP contribution in [0.2, 0.25) is 10.0 Å². The number of hydrogen-bond donors (Lipinski definition) is 2. The van der Waals surface area contributed by atoms with Crippen molar-refractivity contribution in [2.45, 2.75) is 6.54 Å². The van der Waals surface area contributed by atoms with Gasteiger partial charge in [0.05, 0.1) is 23.7 Å². The molecule has 0 bridgehead atoms. The summed E-state index contributed by atoms with van der Waals surface area (Å²) in [6.45, 7) is 0.250. The van der Waals surface area contributed by atoms with Gasteiger partial charge in [-0.25, -0.2) is 4.79 Å². The minimum absolute atomic E-state index is 0.250. The van der Waals surface area contributed by atoms with Gasteiger partial charge in [-0.05, 0) is 12.1 Å². The van der Waals surface area contributed by atoms with E-state index in [0.29, 0.717) is 27.2 Å². The van der Waals surface area contributed by atoms with Crippen LogP contribution in [0.4, 0.5) is 10.5 Å². The average Bonchev–Trinajstić information content (AvgIpc) is 2.89. The molecule has 8 heteroatoms. The first-order chi connectivity index (χ1) is 9.60. The van der Waals surface area contributed by atoms with E-state index in [9.17, 15) is 4.79 Å². The Kier molecular flexibility index (Phi) is 4.70. The number of aromatic nitrogens is 1. The summed E-state index contributed by atoms with van der Waals surface area (Å²) in [5, 5.41) is 9.51. The molecule has 106 valence electrons. The van der Waals surface area contributed by atoms with Gasteiger partial charge in [-0.15, -0.1) is 0 Å². The summed E-state index contributed by atoms with van der Waals surface area (Å²) in [6.07, 6.45) is 1.43. The molecule has 0 saturated carbocycles. The van der Waals surface area contributed by atoms with E-state index in [2.05, 4.69) is 20.3 Å². The number of amides is 2. The van der Waals surface area contributed by atoms with Gasteiger partial charge in [0.15, 0.2) is 5.75 Å². The van der Waals surface area contributed by atoms with Gasteiger partial charge in [0.2, 0.25) is 0 Å². The molecule has 1 heterocycles. The molecule has 2 aromatic rings. The van der Waals surface area contributed by atoms with Gasteiger partial charge in [-0.3, -0.25) is 0 Å². The number of methoxy groups -OCH3 is 1. The number of benzene rings is 1. The number of anilines is 1. The third-order valence-electron chi connectivity index (χ3n) is 2.38. The average molecular weight is 316 g/mol. The number of rotatable bonds is 4. The lowest BCUT2D eigenvalue weighted by Gasteiger charge is -2.10. The first kappa shape index (κ1) is 14.5. The lowest BCUT2D eigenvalue weighted by molar-refractivity contribution is 0.251. The number of ether oxygens (including phenoxy) is 1. The third kappa shape index (κ3) is 3.55. The number of carbonyl (C=O) groups excluding carboxylic acids is 1. The minimum atomic E-state index is -0.412. The van der Waals surface area contributed by atoms with Crippen LogP contribution in [0.25, 0.3) is 0 Å². The van der Waals surface area contributed by atoms with Crippen LogP contribution >= 0.6 is 23.2 Å². The second-order valence-corrected chi connectivity index (χ2v) is 4.59. The highest BCUT2D eigenvalue weighted by atomic mass is 35.5. The van der Waals surface area contributed by atoms with Crippen LogP contribution in [-0.4, -0.2) is 18.3 Å². The van der Waals surface area contributed by atoms with Crippen molar-refractivity contribution in [3.05, 3.63) is 40.2 Å². The van der Waals surface area contributed by atoms with Crippen LogP contribution in [0.5, 0.6) is 5.75 Å². The third-order valence-corrected chi connectivity index (χ3v) is 2.94. The van der Waals surface area contributed by atoms with Crippen LogP contribution in [-0.2, 0) is 6.54 Å². The quantitative estimate of drug-likeness (QED) is 0.907. The van der Waals surface area contributed by atoms with Crippen LogP contribution in [0, 0.1) is 0 Å². The molecule has 2 N–H and O–H groups in total. The maximum absolute atomic E-state index is 11.7. The molecule has 1 aromatic carbocycles. The Bertz CT molecular complexity index is 579. The molecule has 6 nitrogen and oxygen atoms in total. The molecule has 0 unspecified atom stereocenters. The highest BCUT2D eigenvalue weighted by Gasteiger charge is 2.10. The van der Waals surface area contributed by atoms with E-state index in [1.54, 1.807) is 18.2 Å². The fourth-order valence-electron chi connectivity index (χ4n) is 1.50. The maximum atomic E-state index is 11.7. The molecule has 0 aliphatic heterocycles. The van der Waals surface area contributed by atoms with Crippen molar-refractivity contribution in [3.63, 3.8) is 0 Å². The number of urea groups is 1. The van der Waals surface area contributed by atoms with Gasteiger partial charge in [0.25, 0.3) is 0 Å². The van der Waals surface area contributed by atoms with E-state index in [1.165, 1.54) is 13.4 Å². The molecule has 0 aliphatic rings. The summed E-state index contributed by atoms with van der Waals surface area (Å²) in [6, 6.07) is 4.33. The van der Waals surface area contributed by atoms with E-state index in [1.807, 2.05) is 0 Å². The Hall–Kier alpha value is -1.92. The molecule has 1 aromatic heterocycles. The fourth-order valence-corrected chi connectivity index (χ4v) is 2.14. The summed E-state index contributed by atoms with van der Waals surface area (Å²) in [5.74, 6) is 0.363. The molecule has 20 heavy (non-hydrogen) atoms. The van der Waals surface area contributed by atoms with Crippen molar-refractivity contribution in [1.29, 1.82) is 0 Å². The van der Waals surface area contributed by atoms with E-state index in [0.717, 1.165) is 0 Å². The first-order valence-corrected chi connectivity index (χ1v) is 6.33. The molecular formula is C12H11Cl2N3O3. The van der Waals surface area contributed by atoms with Gasteiger partial charge in [0, 0.05) is 11.8 Å². The fraction of sp³-hybridized carbons (Fsp3) is 0.167. The van der Waals surface area contributed by atoms with E-state index < -0.39 is 6.03 Å². The SMILES string of the molecule is COc1c(Cl)cc(NC(=O)NCc2ccon2)cc1Cl.